The summed E-state index contributed by atoms with van der Waals surface area (Å²) < 4.78 is 0. The number of nitrogens with one attached hydrogen (secondary N) is 1. The van der Waals surface area contributed by atoms with Gasteiger partial charge in [0.15, 0.2) is 0 Å². The van der Waals surface area contributed by atoms with Gasteiger partial charge in [-0.15, -0.1) is 0 Å². The van der Waals surface area contributed by atoms with Gasteiger partial charge in [0.2, 0.25) is 0 Å². The average Bonchev–Trinajstić information content (AvgIpc) is 2.30. The van der Waals surface area contributed by atoms with Gasteiger partial charge in [0.05, 0.1) is 5.69 Å². The first-order valence-corrected chi connectivity index (χ1v) is 7.21. The minimum atomic E-state index is 0.325. The number of hydrogen-bond donors (Lipinski definition) is 2. The van der Waals surface area contributed by atoms with Crippen molar-refractivity contribution in [1.29, 1.82) is 0 Å². The fourth-order valence-corrected chi connectivity index (χ4v) is 5.07. The molecular formula is C15H21N3. The third-order valence-electron chi connectivity index (χ3n) is 5.28. The van der Waals surface area contributed by atoms with Gasteiger partial charge in [-0.2, -0.15) is 0 Å². The number of aromatic nitrogens is 1. The minimum absolute atomic E-state index is 0.325. The number of rotatable bonds is 2. The maximum absolute atomic E-state index is 5.98. The number of hydrogen-bond acceptors (Lipinski definition) is 3. The largest absolute Gasteiger partial charge is 0.382 e. The Balaban J connectivity index is 1.63. The first-order chi connectivity index (χ1) is 8.72. The smallest absolute Gasteiger partial charge is 0.146 e. The van der Waals surface area contributed by atoms with Crippen LogP contribution in [-0.4, -0.2) is 10.5 Å². The van der Waals surface area contributed by atoms with Crippen LogP contribution in [0.1, 0.15) is 38.5 Å². The zero-order valence-electron chi connectivity index (χ0n) is 10.7. The highest BCUT2D eigenvalue weighted by molar-refractivity contribution is 5.62. The van der Waals surface area contributed by atoms with Crippen LogP contribution in [0.2, 0.25) is 0 Å². The molecule has 18 heavy (non-hydrogen) atoms. The molecule has 4 saturated carbocycles. The van der Waals surface area contributed by atoms with E-state index in [1.165, 1.54) is 38.5 Å². The van der Waals surface area contributed by atoms with Crippen molar-refractivity contribution < 1.29 is 0 Å². The second-order valence-electron chi connectivity index (χ2n) is 6.76. The van der Waals surface area contributed by atoms with Gasteiger partial charge in [-0.25, -0.2) is 4.98 Å². The Labute approximate surface area is 108 Å². The SMILES string of the molecule is Nc1ncccc1NC12CC3CC(CC(C3)C1)C2. The Morgan fingerprint density at radius 2 is 1.72 bits per heavy atom. The quantitative estimate of drug-likeness (QED) is 0.839. The van der Waals surface area contributed by atoms with Gasteiger partial charge in [-0.05, 0) is 68.4 Å². The third-order valence-corrected chi connectivity index (χ3v) is 5.28. The predicted octanol–water partition coefficient (Wildman–Crippen LogP) is 3.04. The molecule has 4 aliphatic carbocycles. The van der Waals surface area contributed by atoms with Crippen LogP contribution in [0, 0.1) is 17.8 Å². The van der Waals surface area contributed by atoms with Crippen LogP contribution in [0.3, 0.4) is 0 Å². The summed E-state index contributed by atoms with van der Waals surface area (Å²) in [7, 11) is 0. The standard InChI is InChI=1S/C15H21N3/c16-14-13(2-1-3-17-14)18-15-7-10-4-11(8-15)6-12(5-10)9-15/h1-3,10-12,18H,4-9H2,(H2,16,17). The van der Waals surface area contributed by atoms with Crippen molar-refractivity contribution in [3.8, 4) is 0 Å². The second-order valence-corrected chi connectivity index (χ2v) is 6.76. The third kappa shape index (κ3) is 1.60. The monoisotopic (exact) mass is 243 g/mol. The molecule has 0 radical (unpaired) electrons. The van der Waals surface area contributed by atoms with Gasteiger partial charge < -0.3 is 11.1 Å². The zero-order valence-corrected chi connectivity index (χ0v) is 10.7. The van der Waals surface area contributed by atoms with Crippen molar-refractivity contribution in [2.75, 3.05) is 11.1 Å². The van der Waals surface area contributed by atoms with E-state index in [9.17, 15) is 0 Å². The zero-order chi connectivity index (χ0) is 12.2. The van der Waals surface area contributed by atoms with Crippen LogP contribution in [0.25, 0.3) is 0 Å². The van der Waals surface area contributed by atoms with Crippen LogP contribution in [0.4, 0.5) is 11.5 Å². The molecule has 0 aliphatic heterocycles. The molecule has 4 bridgehead atoms. The molecule has 4 aliphatic rings. The van der Waals surface area contributed by atoms with Crippen LogP contribution in [-0.2, 0) is 0 Å². The van der Waals surface area contributed by atoms with Crippen molar-refractivity contribution >= 4 is 11.5 Å². The molecular weight excluding hydrogens is 222 g/mol. The lowest BCUT2D eigenvalue weighted by Crippen LogP contribution is -2.54. The molecule has 3 heteroatoms. The summed E-state index contributed by atoms with van der Waals surface area (Å²) in [5, 5.41) is 3.77. The lowest BCUT2D eigenvalue weighted by atomic mass is 9.53. The van der Waals surface area contributed by atoms with Crippen molar-refractivity contribution in [2.24, 2.45) is 17.8 Å². The summed E-state index contributed by atoms with van der Waals surface area (Å²) in [6.45, 7) is 0. The Bertz CT molecular complexity index is 433. The number of anilines is 2. The van der Waals surface area contributed by atoms with E-state index >= 15 is 0 Å². The normalized spacial score (nSPS) is 41.0. The fraction of sp³-hybridized carbons (Fsp3) is 0.667. The molecule has 3 nitrogen and oxygen atoms in total. The summed E-state index contributed by atoms with van der Waals surface area (Å²) in [6.07, 6.45) is 10.2. The first-order valence-electron chi connectivity index (χ1n) is 7.21. The maximum atomic E-state index is 5.98. The van der Waals surface area contributed by atoms with Gasteiger partial charge >= 0.3 is 0 Å². The highest BCUT2D eigenvalue weighted by Crippen LogP contribution is 2.56. The van der Waals surface area contributed by atoms with Gasteiger partial charge in [0, 0.05) is 11.7 Å². The second kappa shape index (κ2) is 3.62. The fourth-order valence-electron chi connectivity index (χ4n) is 5.07. The van der Waals surface area contributed by atoms with E-state index in [2.05, 4.69) is 16.4 Å². The summed E-state index contributed by atoms with van der Waals surface area (Å²) in [6, 6.07) is 4.04. The summed E-state index contributed by atoms with van der Waals surface area (Å²) >= 11 is 0. The molecule has 1 aromatic heterocycles. The topological polar surface area (TPSA) is 50.9 Å². The summed E-state index contributed by atoms with van der Waals surface area (Å²) in [5.74, 6) is 3.53. The molecule has 0 aromatic carbocycles. The molecule has 0 spiro atoms. The van der Waals surface area contributed by atoms with Crippen molar-refractivity contribution in [3.05, 3.63) is 18.3 Å². The molecule has 96 valence electrons. The summed E-state index contributed by atoms with van der Waals surface area (Å²) in [5.41, 5.74) is 7.34. The van der Waals surface area contributed by atoms with Crippen molar-refractivity contribution in [3.63, 3.8) is 0 Å². The number of nitrogen functional groups attached to an aromatic ring is 1. The molecule has 1 heterocycles. The first kappa shape index (κ1) is 10.7. The Morgan fingerprint density at radius 1 is 1.11 bits per heavy atom. The van der Waals surface area contributed by atoms with E-state index in [0.29, 0.717) is 11.4 Å². The van der Waals surface area contributed by atoms with Crippen LogP contribution in [0.15, 0.2) is 18.3 Å². The Hall–Kier alpha value is -1.25. The maximum Gasteiger partial charge on any atom is 0.146 e. The van der Waals surface area contributed by atoms with E-state index in [4.69, 9.17) is 5.73 Å². The molecule has 4 fully saturated rings. The highest BCUT2D eigenvalue weighted by atomic mass is 15.0. The van der Waals surface area contributed by atoms with Crippen LogP contribution in [0.5, 0.6) is 0 Å². The van der Waals surface area contributed by atoms with Crippen LogP contribution < -0.4 is 11.1 Å². The predicted molar refractivity (Wildman–Crippen MR) is 73.2 cm³/mol. The van der Waals surface area contributed by atoms with Gasteiger partial charge in [-0.1, -0.05) is 0 Å². The molecule has 0 atom stereocenters. The molecule has 1 aromatic rings. The lowest BCUT2D eigenvalue weighted by molar-refractivity contribution is 0.0107. The van der Waals surface area contributed by atoms with Crippen molar-refractivity contribution in [2.45, 2.75) is 44.1 Å². The number of nitrogens with zero attached hydrogens (tertiary/aromatic N) is 1. The van der Waals surface area contributed by atoms with E-state index in [1.54, 1.807) is 6.20 Å². The van der Waals surface area contributed by atoms with E-state index in [0.717, 1.165) is 23.4 Å². The van der Waals surface area contributed by atoms with E-state index in [1.807, 2.05) is 6.07 Å². The van der Waals surface area contributed by atoms with Crippen LogP contribution >= 0.6 is 0 Å². The van der Waals surface area contributed by atoms with Gasteiger partial charge in [-0.3, -0.25) is 0 Å². The van der Waals surface area contributed by atoms with Gasteiger partial charge in [0.1, 0.15) is 5.82 Å². The van der Waals surface area contributed by atoms with Crippen molar-refractivity contribution in [1.82, 2.24) is 4.98 Å². The molecule has 5 rings (SSSR count). The lowest BCUT2D eigenvalue weighted by Gasteiger charge is -2.57. The van der Waals surface area contributed by atoms with E-state index in [-0.39, 0.29) is 0 Å². The average molecular weight is 243 g/mol. The minimum Gasteiger partial charge on any atom is -0.382 e. The highest BCUT2D eigenvalue weighted by Gasteiger charge is 2.50. The molecule has 3 N–H and O–H groups in total. The van der Waals surface area contributed by atoms with Gasteiger partial charge in [0.25, 0.3) is 0 Å². The molecule has 0 unspecified atom stereocenters. The number of pyridine rings is 1. The molecule has 0 saturated heterocycles. The Morgan fingerprint density at radius 3 is 2.28 bits per heavy atom. The molecule has 0 amide bonds. The number of nitrogens with two attached hydrogens (primary N) is 1. The Kier molecular flexibility index (Phi) is 2.14. The van der Waals surface area contributed by atoms with E-state index < -0.39 is 0 Å². The summed E-state index contributed by atoms with van der Waals surface area (Å²) in [4.78, 5) is 4.19.